The molecule has 0 saturated carbocycles. The van der Waals surface area contributed by atoms with Crippen molar-refractivity contribution >= 4 is 11.9 Å². The average molecular weight is 380 g/mol. The Balaban J connectivity index is 1.47. The van der Waals surface area contributed by atoms with Gasteiger partial charge in [0.15, 0.2) is 0 Å². The van der Waals surface area contributed by atoms with Crippen molar-refractivity contribution in [2.75, 3.05) is 24.5 Å². The van der Waals surface area contributed by atoms with Gasteiger partial charge in [0.25, 0.3) is 0 Å². The summed E-state index contributed by atoms with van der Waals surface area (Å²) < 4.78 is 5.61. The number of benzene rings is 1. The van der Waals surface area contributed by atoms with Crippen LogP contribution >= 0.6 is 0 Å². The fraction of sp³-hybridized carbons (Fsp3) is 0.478. The molecule has 0 N–H and O–H groups in total. The lowest BCUT2D eigenvalue weighted by molar-refractivity contribution is 0.0678. The Bertz CT molecular complexity index is 803. The van der Waals surface area contributed by atoms with Gasteiger partial charge in [0, 0.05) is 25.8 Å². The number of aromatic nitrogens is 1. The molecule has 0 radical (unpaired) electrons. The minimum atomic E-state index is -0.227. The number of hydrogen-bond donors (Lipinski definition) is 0. The van der Waals surface area contributed by atoms with Gasteiger partial charge in [-0.15, -0.1) is 0 Å². The second-order valence-corrected chi connectivity index (χ2v) is 7.85. The second-order valence-electron chi connectivity index (χ2n) is 7.85. The summed E-state index contributed by atoms with van der Waals surface area (Å²) in [6.45, 7) is 5.37. The van der Waals surface area contributed by atoms with Crippen LogP contribution in [0, 0.1) is 6.92 Å². The normalized spacial score (nSPS) is 19.7. The number of nitrogens with zero attached hydrogens (tertiary/aromatic N) is 3. The van der Waals surface area contributed by atoms with Gasteiger partial charge in [-0.05, 0) is 61.8 Å². The second kappa shape index (κ2) is 8.63. The lowest BCUT2D eigenvalue weighted by Gasteiger charge is -2.35. The molecule has 0 unspecified atom stereocenters. The van der Waals surface area contributed by atoms with E-state index in [2.05, 4.69) is 17.9 Å². The topological polar surface area (TPSA) is 45.7 Å². The predicted octanol–water partition coefficient (Wildman–Crippen LogP) is 4.85. The van der Waals surface area contributed by atoms with Crippen LogP contribution < -0.4 is 4.90 Å². The van der Waals surface area contributed by atoms with Crippen molar-refractivity contribution < 1.29 is 9.53 Å². The van der Waals surface area contributed by atoms with Crippen LogP contribution in [0.2, 0.25) is 0 Å². The van der Waals surface area contributed by atoms with E-state index in [9.17, 15) is 4.79 Å². The van der Waals surface area contributed by atoms with E-state index < -0.39 is 0 Å². The van der Waals surface area contributed by atoms with Gasteiger partial charge in [-0.2, -0.15) is 0 Å². The Kier molecular flexibility index (Phi) is 5.79. The monoisotopic (exact) mass is 379 g/mol. The number of amides is 1. The van der Waals surface area contributed by atoms with Crippen LogP contribution in [0.25, 0.3) is 0 Å². The van der Waals surface area contributed by atoms with Gasteiger partial charge in [-0.25, -0.2) is 9.78 Å². The van der Waals surface area contributed by atoms with Crippen LogP contribution in [-0.4, -0.2) is 35.6 Å². The summed E-state index contributed by atoms with van der Waals surface area (Å²) in [5, 5.41) is 0. The Labute approximate surface area is 167 Å². The number of aryl methyl sites for hydroxylation is 1. The Morgan fingerprint density at radius 1 is 1.11 bits per heavy atom. The first kappa shape index (κ1) is 18.8. The van der Waals surface area contributed by atoms with E-state index in [0.29, 0.717) is 6.61 Å². The molecular formula is C23H29N3O2. The quantitative estimate of drug-likeness (QED) is 0.761. The molecule has 0 bridgehead atoms. The molecule has 1 amide bonds. The number of rotatable bonds is 4. The van der Waals surface area contributed by atoms with Crippen molar-refractivity contribution in [3.8, 4) is 0 Å². The SMILES string of the molecule is Cc1cc([C@@H]2CCCCN2C(=O)OCc2ccccc2)cnc1N1CCCC1. The number of hydrogen-bond acceptors (Lipinski definition) is 4. The van der Waals surface area contributed by atoms with Crippen LogP contribution in [0.1, 0.15) is 54.8 Å². The number of pyridine rings is 1. The van der Waals surface area contributed by atoms with Gasteiger partial charge >= 0.3 is 6.09 Å². The first-order valence-electron chi connectivity index (χ1n) is 10.4. The van der Waals surface area contributed by atoms with Crippen LogP contribution in [0.3, 0.4) is 0 Å². The lowest BCUT2D eigenvalue weighted by atomic mass is 9.96. The zero-order valence-corrected chi connectivity index (χ0v) is 16.6. The van der Waals surface area contributed by atoms with E-state index in [4.69, 9.17) is 9.72 Å². The maximum absolute atomic E-state index is 12.8. The zero-order chi connectivity index (χ0) is 19.3. The third-order valence-electron chi connectivity index (χ3n) is 5.80. The molecule has 0 aliphatic carbocycles. The standard InChI is InChI=1S/C23H29N3O2/c1-18-15-20(16-24-22(18)25-12-7-8-13-25)21-11-5-6-14-26(21)23(27)28-17-19-9-3-2-4-10-19/h2-4,9-10,15-16,21H,5-8,11-14,17H2,1H3/t21-/m0/s1. The fourth-order valence-electron chi connectivity index (χ4n) is 4.33. The van der Waals surface area contributed by atoms with Crippen LogP contribution in [0.5, 0.6) is 0 Å². The van der Waals surface area contributed by atoms with Crippen LogP contribution in [0.15, 0.2) is 42.6 Å². The van der Waals surface area contributed by atoms with E-state index in [-0.39, 0.29) is 12.1 Å². The van der Waals surface area contributed by atoms with Crippen LogP contribution in [-0.2, 0) is 11.3 Å². The summed E-state index contributed by atoms with van der Waals surface area (Å²) >= 11 is 0. The smallest absolute Gasteiger partial charge is 0.410 e. The highest BCUT2D eigenvalue weighted by atomic mass is 16.6. The molecule has 5 nitrogen and oxygen atoms in total. The molecule has 2 aromatic rings. The molecule has 28 heavy (non-hydrogen) atoms. The summed E-state index contributed by atoms with van der Waals surface area (Å²) in [5.41, 5.74) is 3.33. The van der Waals surface area contributed by atoms with Gasteiger partial charge in [0.1, 0.15) is 12.4 Å². The maximum Gasteiger partial charge on any atom is 0.410 e. The number of ether oxygens (including phenoxy) is 1. The molecular weight excluding hydrogens is 350 g/mol. The molecule has 4 rings (SSSR count). The molecule has 2 aliphatic rings. The largest absolute Gasteiger partial charge is 0.445 e. The van der Waals surface area contributed by atoms with Gasteiger partial charge < -0.3 is 14.5 Å². The van der Waals surface area contributed by atoms with E-state index in [1.165, 1.54) is 18.4 Å². The molecule has 1 aromatic heterocycles. The minimum absolute atomic E-state index is 0.0517. The number of carbonyl (C=O) groups excluding carboxylic acids is 1. The lowest BCUT2D eigenvalue weighted by Crippen LogP contribution is -2.39. The highest BCUT2D eigenvalue weighted by Gasteiger charge is 2.30. The molecule has 1 atom stereocenters. The third kappa shape index (κ3) is 4.13. The molecule has 2 aliphatic heterocycles. The van der Waals surface area contributed by atoms with Crippen molar-refractivity contribution in [2.24, 2.45) is 0 Å². The van der Waals surface area contributed by atoms with E-state index >= 15 is 0 Å². The van der Waals surface area contributed by atoms with Crippen LogP contribution in [0.4, 0.5) is 10.6 Å². The van der Waals surface area contributed by atoms with E-state index in [0.717, 1.165) is 55.8 Å². The average Bonchev–Trinajstić information content (AvgIpc) is 3.27. The Hall–Kier alpha value is -2.56. The highest BCUT2D eigenvalue weighted by Crippen LogP contribution is 2.33. The van der Waals surface area contributed by atoms with Crippen molar-refractivity contribution in [3.63, 3.8) is 0 Å². The summed E-state index contributed by atoms with van der Waals surface area (Å²) in [6.07, 6.45) is 7.34. The molecule has 3 heterocycles. The summed E-state index contributed by atoms with van der Waals surface area (Å²) in [7, 11) is 0. The number of anilines is 1. The third-order valence-corrected chi connectivity index (χ3v) is 5.80. The number of piperidine rings is 1. The van der Waals surface area contributed by atoms with Crippen molar-refractivity contribution in [1.29, 1.82) is 0 Å². The summed E-state index contributed by atoms with van der Waals surface area (Å²) in [6, 6.07) is 12.1. The molecule has 2 fully saturated rings. The molecule has 5 heteroatoms. The van der Waals surface area contributed by atoms with Gasteiger partial charge in [-0.3, -0.25) is 0 Å². The van der Waals surface area contributed by atoms with E-state index in [1.807, 2.05) is 41.4 Å². The zero-order valence-electron chi connectivity index (χ0n) is 16.6. The first-order valence-corrected chi connectivity index (χ1v) is 10.4. The fourth-order valence-corrected chi connectivity index (χ4v) is 4.33. The molecule has 1 aromatic carbocycles. The predicted molar refractivity (Wildman–Crippen MR) is 110 cm³/mol. The number of carbonyl (C=O) groups is 1. The summed E-state index contributed by atoms with van der Waals surface area (Å²) in [5.74, 6) is 1.09. The minimum Gasteiger partial charge on any atom is -0.445 e. The maximum atomic E-state index is 12.8. The molecule has 2 saturated heterocycles. The molecule has 148 valence electrons. The van der Waals surface area contributed by atoms with Crippen molar-refractivity contribution in [3.05, 3.63) is 59.3 Å². The number of likely N-dealkylation sites (tertiary alicyclic amines) is 1. The van der Waals surface area contributed by atoms with Gasteiger partial charge in [-0.1, -0.05) is 30.3 Å². The van der Waals surface area contributed by atoms with Gasteiger partial charge in [0.2, 0.25) is 0 Å². The highest BCUT2D eigenvalue weighted by molar-refractivity contribution is 5.68. The first-order chi connectivity index (χ1) is 13.7. The Morgan fingerprint density at radius 3 is 2.61 bits per heavy atom. The van der Waals surface area contributed by atoms with Gasteiger partial charge in [0.05, 0.1) is 6.04 Å². The molecule has 0 spiro atoms. The summed E-state index contributed by atoms with van der Waals surface area (Å²) in [4.78, 5) is 21.8. The Morgan fingerprint density at radius 2 is 1.86 bits per heavy atom. The van der Waals surface area contributed by atoms with E-state index in [1.54, 1.807) is 0 Å². The van der Waals surface area contributed by atoms with Crippen molar-refractivity contribution in [1.82, 2.24) is 9.88 Å². The van der Waals surface area contributed by atoms with Crippen molar-refractivity contribution in [2.45, 2.75) is 51.7 Å².